The van der Waals surface area contributed by atoms with Crippen LogP contribution in [0.25, 0.3) is 0 Å². The highest BCUT2D eigenvalue weighted by Gasteiger charge is 2.05. The molecule has 0 fully saturated rings. The third kappa shape index (κ3) is 4.68. The van der Waals surface area contributed by atoms with E-state index in [9.17, 15) is 4.79 Å². The number of hydrogen-bond acceptors (Lipinski definition) is 4. The van der Waals surface area contributed by atoms with Crippen molar-refractivity contribution < 1.29 is 14.3 Å². The van der Waals surface area contributed by atoms with Gasteiger partial charge in [0.15, 0.2) is 0 Å². The molecule has 0 saturated carbocycles. The van der Waals surface area contributed by atoms with Gasteiger partial charge in [-0.3, -0.25) is 0 Å². The summed E-state index contributed by atoms with van der Waals surface area (Å²) in [6, 6.07) is 6.90. The molecule has 0 aliphatic rings. The van der Waals surface area contributed by atoms with Gasteiger partial charge in [-0.25, -0.2) is 4.79 Å². The van der Waals surface area contributed by atoms with Crippen molar-refractivity contribution in [2.45, 2.75) is 18.2 Å². The lowest BCUT2D eigenvalue weighted by molar-refractivity contribution is 0.0318. The number of thiol groups is 1. The number of ether oxygens (including phenoxy) is 2. The van der Waals surface area contributed by atoms with E-state index in [1.807, 2.05) is 6.92 Å². The van der Waals surface area contributed by atoms with Crippen LogP contribution in [0, 0.1) is 0 Å². The average Bonchev–Trinajstić information content (AvgIpc) is 2.29. The van der Waals surface area contributed by atoms with Gasteiger partial charge < -0.3 is 9.47 Å². The Bertz CT molecular complexity index is 322. The van der Waals surface area contributed by atoms with Crippen LogP contribution in [-0.4, -0.2) is 25.8 Å². The molecule has 0 heterocycles. The lowest BCUT2D eigenvalue weighted by atomic mass is 10.2. The van der Waals surface area contributed by atoms with E-state index in [1.54, 1.807) is 24.3 Å². The van der Waals surface area contributed by atoms with Gasteiger partial charge in [0.25, 0.3) is 0 Å². The predicted octanol–water partition coefficient (Wildman–Crippen LogP) is 2.56. The van der Waals surface area contributed by atoms with Crippen molar-refractivity contribution >= 4 is 18.6 Å². The van der Waals surface area contributed by atoms with Crippen LogP contribution in [0.15, 0.2) is 29.2 Å². The molecule has 1 aromatic rings. The highest BCUT2D eigenvalue weighted by molar-refractivity contribution is 7.80. The number of hydrogen-bond donors (Lipinski definition) is 1. The molecular weight excluding hydrogens is 224 g/mol. The monoisotopic (exact) mass is 240 g/mol. The average molecular weight is 240 g/mol. The third-order valence-corrected chi connectivity index (χ3v) is 2.21. The van der Waals surface area contributed by atoms with Crippen molar-refractivity contribution in [3.8, 4) is 0 Å². The molecule has 0 unspecified atom stereocenters. The van der Waals surface area contributed by atoms with E-state index < -0.39 is 0 Å². The molecule has 16 heavy (non-hydrogen) atoms. The molecule has 4 heteroatoms. The molecule has 0 N–H and O–H groups in total. The summed E-state index contributed by atoms with van der Waals surface area (Å²) in [6.45, 7) is 3.47. The summed E-state index contributed by atoms with van der Waals surface area (Å²) < 4.78 is 10.2. The third-order valence-electron chi connectivity index (χ3n) is 1.91. The molecule has 0 radical (unpaired) electrons. The first-order chi connectivity index (χ1) is 7.74. The van der Waals surface area contributed by atoms with Crippen LogP contribution in [0.3, 0.4) is 0 Å². The second kappa shape index (κ2) is 7.30. The molecule has 0 saturated heterocycles. The van der Waals surface area contributed by atoms with E-state index in [-0.39, 0.29) is 5.97 Å². The zero-order valence-electron chi connectivity index (χ0n) is 9.31. The van der Waals surface area contributed by atoms with Gasteiger partial charge in [0, 0.05) is 11.5 Å². The molecule has 1 aromatic carbocycles. The number of carbonyl (C=O) groups is 1. The highest BCUT2D eigenvalue weighted by Crippen LogP contribution is 2.08. The number of esters is 1. The maximum absolute atomic E-state index is 11.5. The summed E-state index contributed by atoms with van der Waals surface area (Å²) in [7, 11) is 0. The minimum Gasteiger partial charge on any atom is -0.460 e. The standard InChI is InChI=1S/C12H16O3S/c1-2-7-14-8-9-15-12(13)10-3-5-11(16)6-4-10/h3-6,16H,2,7-9H2,1H3. The first-order valence-electron chi connectivity index (χ1n) is 5.28. The molecule has 0 atom stereocenters. The van der Waals surface area contributed by atoms with E-state index in [4.69, 9.17) is 9.47 Å². The summed E-state index contributed by atoms with van der Waals surface area (Å²) in [5.41, 5.74) is 0.535. The molecule has 0 spiro atoms. The Balaban J connectivity index is 2.27. The minimum absolute atomic E-state index is 0.293. The summed E-state index contributed by atoms with van der Waals surface area (Å²) in [6.07, 6.45) is 0.970. The van der Waals surface area contributed by atoms with Gasteiger partial charge >= 0.3 is 5.97 Å². The molecule has 0 aromatic heterocycles. The van der Waals surface area contributed by atoms with Crippen LogP contribution >= 0.6 is 12.6 Å². The van der Waals surface area contributed by atoms with Gasteiger partial charge in [0.05, 0.1) is 12.2 Å². The summed E-state index contributed by atoms with van der Waals surface area (Å²) >= 11 is 4.14. The Labute approximate surface area is 101 Å². The molecule has 0 aliphatic carbocycles. The highest BCUT2D eigenvalue weighted by atomic mass is 32.1. The Hall–Kier alpha value is -1.00. The number of carbonyl (C=O) groups excluding carboxylic acids is 1. The largest absolute Gasteiger partial charge is 0.460 e. The minimum atomic E-state index is -0.326. The van der Waals surface area contributed by atoms with Gasteiger partial charge in [-0.1, -0.05) is 6.92 Å². The first kappa shape index (κ1) is 13.1. The Morgan fingerprint density at radius 2 is 1.88 bits per heavy atom. The van der Waals surface area contributed by atoms with Gasteiger partial charge in [-0.2, -0.15) is 0 Å². The van der Waals surface area contributed by atoms with Crippen LogP contribution in [0.5, 0.6) is 0 Å². The second-order valence-electron chi connectivity index (χ2n) is 3.30. The quantitative estimate of drug-likeness (QED) is 0.471. The summed E-state index contributed by atoms with van der Waals surface area (Å²) in [5.74, 6) is -0.326. The maximum Gasteiger partial charge on any atom is 0.338 e. The topological polar surface area (TPSA) is 35.5 Å². The Morgan fingerprint density at radius 3 is 2.50 bits per heavy atom. The fourth-order valence-electron chi connectivity index (χ4n) is 1.12. The molecule has 3 nitrogen and oxygen atoms in total. The van der Waals surface area contributed by atoms with Crippen LogP contribution in [0.1, 0.15) is 23.7 Å². The maximum atomic E-state index is 11.5. The van der Waals surface area contributed by atoms with E-state index in [0.29, 0.717) is 25.4 Å². The van der Waals surface area contributed by atoms with Gasteiger partial charge in [-0.15, -0.1) is 12.6 Å². The smallest absolute Gasteiger partial charge is 0.338 e. The van der Waals surface area contributed by atoms with Gasteiger partial charge in [0.2, 0.25) is 0 Å². The SMILES string of the molecule is CCCOCCOC(=O)c1ccc(S)cc1. The number of benzene rings is 1. The Morgan fingerprint density at radius 1 is 1.19 bits per heavy atom. The fourth-order valence-corrected chi connectivity index (χ4v) is 1.27. The van der Waals surface area contributed by atoms with Crippen molar-refractivity contribution in [1.82, 2.24) is 0 Å². The van der Waals surface area contributed by atoms with E-state index in [1.165, 1.54) is 0 Å². The Kier molecular flexibility index (Phi) is 5.96. The van der Waals surface area contributed by atoms with Crippen molar-refractivity contribution in [3.63, 3.8) is 0 Å². The first-order valence-corrected chi connectivity index (χ1v) is 5.72. The lowest BCUT2D eigenvalue weighted by Crippen LogP contribution is -2.11. The van der Waals surface area contributed by atoms with E-state index in [0.717, 1.165) is 11.3 Å². The molecule has 0 bridgehead atoms. The predicted molar refractivity (Wildman–Crippen MR) is 65.1 cm³/mol. The molecule has 0 amide bonds. The second-order valence-corrected chi connectivity index (χ2v) is 3.81. The van der Waals surface area contributed by atoms with Crippen molar-refractivity contribution in [2.75, 3.05) is 19.8 Å². The van der Waals surface area contributed by atoms with Crippen molar-refractivity contribution in [2.24, 2.45) is 0 Å². The van der Waals surface area contributed by atoms with E-state index >= 15 is 0 Å². The molecule has 1 rings (SSSR count). The van der Waals surface area contributed by atoms with Gasteiger partial charge in [-0.05, 0) is 30.7 Å². The lowest BCUT2D eigenvalue weighted by Gasteiger charge is -2.05. The number of rotatable bonds is 6. The normalized spacial score (nSPS) is 10.1. The van der Waals surface area contributed by atoms with Crippen LogP contribution in [-0.2, 0) is 9.47 Å². The van der Waals surface area contributed by atoms with E-state index in [2.05, 4.69) is 12.6 Å². The van der Waals surface area contributed by atoms with Crippen molar-refractivity contribution in [1.29, 1.82) is 0 Å². The molecular formula is C12H16O3S. The fraction of sp³-hybridized carbons (Fsp3) is 0.417. The zero-order valence-corrected chi connectivity index (χ0v) is 10.2. The zero-order chi connectivity index (χ0) is 11.8. The summed E-state index contributed by atoms with van der Waals surface area (Å²) in [4.78, 5) is 12.3. The molecule has 0 aliphatic heterocycles. The van der Waals surface area contributed by atoms with Crippen LogP contribution in [0.4, 0.5) is 0 Å². The van der Waals surface area contributed by atoms with Gasteiger partial charge in [0.1, 0.15) is 6.61 Å². The molecule has 88 valence electrons. The van der Waals surface area contributed by atoms with Crippen molar-refractivity contribution in [3.05, 3.63) is 29.8 Å². The van der Waals surface area contributed by atoms with Crippen LogP contribution in [0.2, 0.25) is 0 Å². The summed E-state index contributed by atoms with van der Waals surface area (Å²) in [5, 5.41) is 0. The van der Waals surface area contributed by atoms with Crippen LogP contribution < -0.4 is 0 Å².